The molecule has 3 heteroatoms. The normalized spacial score (nSPS) is 10.3. The minimum Gasteiger partial charge on any atom is -0.508 e. The molecule has 0 heterocycles. The molecule has 0 aliphatic rings. The molecule has 3 N–H and O–H groups in total. The van der Waals surface area contributed by atoms with Crippen molar-refractivity contribution in [3.8, 4) is 5.75 Å². The Kier molecular flexibility index (Phi) is 2.82. The third-order valence-corrected chi connectivity index (χ3v) is 1.47. The van der Waals surface area contributed by atoms with Crippen molar-refractivity contribution < 1.29 is 5.11 Å². The van der Waals surface area contributed by atoms with E-state index in [1.807, 2.05) is 0 Å². The minimum absolute atomic E-state index is 0.252. The summed E-state index contributed by atoms with van der Waals surface area (Å²) in [6.45, 7) is 0. The van der Waals surface area contributed by atoms with Gasteiger partial charge in [0.2, 0.25) is 0 Å². The van der Waals surface area contributed by atoms with Crippen molar-refractivity contribution in [3.63, 3.8) is 0 Å². The molecular formula is C9H9NOS. The lowest BCUT2D eigenvalue weighted by Gasteiger charge is -1.92. The van der Waals surface area contributed by atoms with E-state index in [0.717, 1.165) is 5.56 Å². The molecule has 1 rings (SSSR count). The zero-order valence-corrected chi connectivity index (χ0v) is 7.21. The van der Waals surface area contributed by atoms with Gasteiger partial charge in [-0.2, -0.15) is 0 Å². The van der Waals surface area contributed by atoms with Gasteiger partial charge in [-0.25, -0.2) is 0 Å². The summed E-state index contributed by atoms with van der Waals surface area (Å²) in [5.74, 6) is 0.252. The zero-order chi connectivity index (χ0) is 8.97. The van der Waals surface area contributed by atoms with E-state index in [1.54, 1.807) is 36.4 Å². The van der Waals surface area contributed by atoms with E-state index in [-0.39, 0.29) is 5.75 Å². The minimum atomic E-state index is 0.252. The first-order valence-electron chi connectivity index (χ1n) is 3.45. The molecule has 0 saturated carbocycles. The van der Waals surface area contributed by atoms with Crippen molar-refractivity contribution in [1.29, 1.82) is 0 Å². The predicted molar refractivity (Wildman–Crippen MR) is 53.9 cm³/mol. The third-order valence-electron chi connectivity index (χ3n) is 1.33. The van der Waals surface area contributed by atoms with Crippen LogP contribution >= 0.6 is 12.2 Å². The zero-order valence-electron chi connectivity index (χ0n) is 6.40. The van der Waals surface area contributed by atoms with Gasteiger partial charge in [-0.05, 0) is 23.8 Å². The van der Waals surface area contributed by atoms with Crippen molar-refractivity contribution in [2.45, 2.75) is 0 Å². The summed E-state index contributed by atoms with van der Waals surface area (Å²) in [6, 6.07) is 6.78. The van der Waals surface area contributed by atoms with Crippen molar-refractivity contribution in [2.24, 2.45) is 5.73 Å². The second-order valence-corrected chi connectivity index (χ2v) is 2.80. The second-order valence-electron chi connectivity index (χ2n) is 2.33. The van der Waals surface area contributed by atoms with Gasteiger partial charge in [0.05, 0.1) is 4.99 Å². The molecular weight excluding hydrogens is 170 g/mol. The van der Waals surface area contributed by atoms with Crippen LogP contribution in [0.5, 0.6) is 5.75 Å². The van der Waals surface area contributed by atoms with Gasteiger partial charge in [0.25, 0.3) is 0 Å². The number of hydrogen-bond acceptors (Lipinski definition) is 2. The lowest BCUT2D eigenvalue weighted by atomic mass is 10.2. The first-order chi connectivity index (χ1) is 5.68. The van der Waals surface area contributed by atoms with Gasteiger partial charge >= 0.3 is 0 Å². The number of aromatic hydroxyl groups is 1. The van der Waals surface area contributed by atoms with Crippen LogP contribution in [0.15, 0.2) is 30.3 Å². The molecule has 1 aromatic carbocycles. The Bertz CT molecular complexity index is 303. The highest BCUT2D eigenvalue weighted by Crippen LogP contribution is 2.10. The molecule has 0 amide bonds. The monoisotopic (exact) mass is 179 g/mol. The maximum Gasteiger partial charge on any atom is 0.115 e. The number of nitrogens with two attached hydrogens (primary N) is 1. The Morgan fingerprint density at radius 2 is 1.92 bits per heavy atom. The SMILES string of the molecule is NC(=S)/C=C/c1ccc(O)cc1. The topological polar surface area (TPSA) is 46.2 Å². The van der Waals surface area contributed by atoms with Crippen LogP contribution in [-0.4, -0.2) is 10.1 Å². The van der Waals surface area contributed by atoms with E-state index in [4.69, 9.17) is 10.8 Å². The number of phenols is 1. The lowest BCUT2D eigenvalue weighted by Crippen LogP contribution is -2.01. The van der Waals surface area contributed by atoms with Gasteiger partial charge < -0.3 is 10.8 Å². The fraction of sp³-hybridized carbons (Fsp3) is 0. The molecule has 62 valence electrons. The summed E-state index contributed by atoms with van der Waals surface area (Å²) in [5.41, 5.74) is 6.22. The smallest absolute Gasteiger partial charge is 0.115 e. The van der Waals surface area contributed by atoms with Crippen LogP contribution in [-0.2, 0) is 0 Å². The van der Waals surface area contributed by atoms with Crippen LogP contribution in [0.1, 0.15) is 5.56 Å². The molecule has 0 radical (unpaired) electrons. The molecule has 0 aliphatic carbocycles. The van der Waals surface area contributed by atoms with Gasteiger partial charge in [-0.3, -0.25) is 0 Å². The van der Waals surface area contributed by atoms with Gasteiger partial charge in [-0.1, -0.05) is 30.4 Å². The summed E-state index contributed by atoms with van der Waals surface area (Å²) in [6.07, 6.45) is 3.43. The number of phenolic OH excluding ortho intramolecular Hbond substituents is 1. The van der Waals surface area contributed by atoms with Crippen molar-refractivity contribution in [2.75, 3.05) is 0 Å². The first kappa shape index (κ1) is 8.74. The standard InChI is InChI=1S/C9H9NOS/c10-9(12)6-3-7-1-4-8(11)5-2-7/h1-6,11H,(H2,10,12)/b6-3+. The summed E-state index contributed by atoms with van der Waals surface area (Å²) in [4.78, 5) is 0.350. The Morgan fingerprint density at radius 3 is 2.42 bits per heavy atom. The molecule has 1 aromatic rings. The Balaban J connectivity index is 2.77. The largest absolute Gasteiger partial charge is 0.508 e. The van der Waals surface area contributed by atoms with Crippen molar-refractivity contribution >= 4 is 23.3 Å². The van der Waals surface area contributed by atoms with Gasteiger partial charge in [0.15, 0.2) is 0 Å². The molecule has 0 spiro atoms. The molecule has 2 nitrogen and oxygen atoms in total. The molecule has 0 aliphatic heterocycles. The average Bonchev–Trinajstić information content (AvgIpc) is 2.03. The lowest BCUT2D eigenvalue weighted by molar-refractivity contribution is 0.475. The second kappa shape index (κ2) is 3.88. The van der Waals surface area contributed by atoms with Crippen molar-refractivity contribution in [1.82, 2.24) is 0 Å². The van der Waals surface area contributed by atoms with Crippen LogP contribution in [0.3, 0.4) is 0 Å². The number of thiocarbonyl (C=S) groups is 1. The van der Waals surface area contributed by atoms with E-state index in [9.17, 15) is 0 Å². The van der Waals surface area contributed by atoms with E-state index < -0.39 is 0 Å². The predicted octanol–water partition coefficient (Wildman–Crippen LogP) is 1.69. The quantitative estimate of drug-likeness (QED) is 0.536. The number of rotatable bonds is 2. The molecule has 0 atom stereocenters. The van der Waals surface area contributed by atoms with Crippen LogP contribution < -0.4 is 5.73 Å². The van der Waals surface area contributed by atoms with Gasteiger partial charge in [0.1, 0.15) is 5.75 Å². The fourth-order valence-corrected chi connectivity index (χ4v) is 0.832. The van der Waals surface area contributed by atoms with E-state index in [0.29, 0.717) is 4.99 Å². The molecule has 0 bridgehead atoms. The fourth-order valence-electron chi connectivity index (χ4n) is 0.764. The van der Waals surface area contributed by atoms with E-state index in [1.165, 1.54) is 0 Å². The van der Waals surface area contributed by atoms with Gasteiger partial charge in [-0.15, -0.1) is 0 Å². The van der Waals surface area contributed by atoms with E-state index in [2.05, 4.69) is 12.2 Å². The van der Waals surface area contributed by atoms with Crippen LogP contribution in [0.2, 0.25) is 0 Å². The molecule has 12 heavy (non-hydrogen) atoms. The third kappa shape index (κ3) is 2.72. The molecule has 0 unspecified atom stereocenters. The Morgan fingerprint density at radius 1 is 1.33 bits per heavy atom. The Labute approximate surface area is 76.3 Å². The van der Waals surface area contributed by atoms with E-state index >= 15 is 0 Å². The summed E-state index contributed by atoms with van der Waals surface area (Å²) in [7, 11) is 0. The summed E-state index contributed by atoms with van der Waals surface area (Å²) >= 11 is 4.66. The van der Waals surface area contributed by atoms with Crippen LogP contribution in [0.25, 0.3) is 6.08 Å². The Hall–Kier alpha value is -1.35. The number of hydrogen-bond donors (Lipinski definition) is 2. The summed E-state index contributed by atoms with van der Waals surface area (Å²) in [5, 5.41) is 8.96. The molecule has 0 fully saturated rings. The van der Waals surface area contributed by atoms with Crippen LogP contribution in [0, 0.1) is 0 Å². The average molecular weight is 179 g/mol. The first-order valence-corrected chi connectivity index (χ1v) is 3.86. The van der Waals surface area contributed by atoms with Crippen molar-refractivity contribution in [3.05, 3.63) is 35.9 Å². The maximum atomic E-state index is 8.96. The van der Waals surface area contributed by atoms with Crippen LogP contribution in [0.4, 0.5) is 0 Å². The highest BCUT2D eigenvalue weighted by Gasteiger charge is 1.87. The maximum absolute atomic E-state index is 8.96. The highest BCUT2D eigenvalue weighted by atomic mass is 32.1. The highest BCUT2D eigenvalue weighted by molar-refractivity contribution is 7.80. The van der Waals surface area contributed by atoms with Gasteiger partial charge in [0, 0.05) is 0 Å². The summed E-state index contributed by atoms with van der Waals surface area (Å²) < 4.78 is 0. The number of benzene rings is 1. The molecule has 0 saturated heterocycles. The molecule has 0 aromatic heterocycles.